The molecule has 0 aliphatic carbocycles. The summed E-state index contributed by atoms with van der Waals surface area (Å²) in [6, 6.07) is 30.3. The van der Waals surface area contributed by atoms with Gasteiger partial charge in [0.25, 0.3) is 0 Å². The van der Waals surface area contributed by atoms with E-state index < -0.39 is 5.60 Å². The van der Waals surface area contributed by atoms with Crippen molar-refractivity contribution in [1.82, 2.24) is 0 Å². The van der Waals surface area contributed by atoms with Gasteiger partial charge < -0.3 is 5.11 Å². The fourth-order valence-electron chi connectivity index (χ4n) is 3.41. The van der Waals surface area contributed by atoms with E-state index in [1.165, 1.54) is 0 Å². The van der Waals surface area contributed by atoms with E-state index in [2.05, 4.69) is 19.1 Å². The maximum Gasteiger partial charge on any atom is 0.121 e. The molecule has 0 aliphatic heterocycles. The average molecular weight is 302 g/mol. The third-order valence-electron chi connectivity index (χ3n) is 4.54. The Morgan fingerprint density at radius 1 is 0.696 bits per heavy atom. The van der Waals surface area contributed by atoms with Crippen LogP contribution in [-0.4, -0.2) is 5.11 Å². The van der Waals surface area contributed by atoms with Crippen molar-refractivity contribution < 1.29 is 5.11 Å². The minimum absolute atomic E-state index is 0.00602. The maximum absolute atomic E-state index is 11.9. The van der Waals surface area contributed by atoms with Gasteiger partial charge in [-0.2, -0.15) is 0 Å². The standard InChI is InChI=1S/C22H22O/c1-2-21(18-12-6-3-7-13-18)22(23,19-14-8-4-9-15-19)20-16-10-5-11-17-20/h3-17,21,23H,2H2,1H3/t21-/m1/s1. The van der Waals surface area contributed by atoms with Crippen molar-refractivity contribution in [3.05, 3.63) is 108 Å². The molecule has 3 aromatic carbocycles. The van der Waals surface area contributed by atoms with Gasteiger partial charge in [0, 0.05) is 5.92 Å². The third-order valence-corrected chi connectivity index (χ3v) is 4.54. The van der Waals surface area contributed by atoms with E-state index in [1.54, 1.807) is 0 Å². The Morgan fingerprint density at radius 3 is 1.48 bits per heavy atom. The van der Waals surface area contributed by atoms with Gasteiger partial charge in [-0.1, -0.05) is 97.9 Å². The second kappa shape index (κ2) is 6.80. The van der Waals surface area contributed by atoms with E-state index in [0.717, 1.165) is 23.1 Å². The highest BCUT2D eigenvalue weighted by Crippen LogP contribution is 2.44. The van der Waals surface area contributed by atoms with Crippen molar-refractivity contribution in [1.29, 1.82) is 0 Å². The zero-order valence-corrected chi connectivity index (χ0v) is 13.4. The van der Waals surface area contributed by atoms with Crippen LogP contribution >= 0.6 is 0 Å². The van der Waals surface area contributed by atoms with E-state index >= 15 is 0 Å². The summed E-state index contributed by atoms with van der Waals surface area (Å²) in [5.74, 6) is -0.00602. The van der Waals surface area contributed by atoms with E-state index in [-0.39, 0.29) is 5.92 Å². The number of rotatable bonds is 5. The van der Waals surface area contributed by atoms with Gasteiger partial charge in [0.05, 0.1) is 0 Å². The molecule has 0 fully saturated rings. The first kappa shape index (κ1) is 15.5. The fourth-order valence-corrected chi connectivity index (χ4v) is 3.41. The summed E-state index contributed by atoms with van der Waals surface area (Å²) in [7, 11) is 0. The molecule has 0 bridgehead atoms. The summed E-state index contributed by atoms with van der Waals surface area (Å²) < 4.78 is 0. The second-order valence-electron chi connectivity index (χ2n) is 5.87. The second-order valence-corrected chi connectivity index (χ2v) is 5.87. The van der Waals surface area contributed by atoms with Crippen LogP contribution in [0.4, 0.5) is 0 Å². The topological polar surface area (TPSA) is 20.2 Å². The van der Waals surface area contributed by atoms with Crippen molar-refractivity contribution in [3.8, 4) is 0 Å². The molecule has 0 aliphatic rings. The molecule has 23 heavy (non-hydrogen) atoms. The molecular weight excluding hydrogens is 280 g/mol. The van der Waals surface area contributed by atoms with Gasteiger partial charge in [0.1, 0.15) is 5.60 Å². The van der Waals surface area contributed by atoms with Crippen molar-refractivity contribution in [3.63, 3.8) is 0 Å². The lowest BCUT2D eigenvalue weighted by atomic mass is 9.72. The highest BCUT2D eigenvalue weighted by Gasteiger charge is 2.39. The molecule has 1 heteroatoms. The Kier molecular flexibility index (Phi) is 4.59. The molecule has 0 amide bonds. The Labute approximate surface area is 138 Å². The van der Waals surface area contributed by atoms with Gasteiger partial charge in [-0.05, 0) is 23.1 Å². The molecule has 0 spiro atoms. The first-order chi connectivity index (χ1) is 11.3. The molecule has 0 heterocycles. The molecule has 3 rings (SSSR count). The Hall–Kier alpha value is -2.38. The minimum atomic E-state index is -1.04. The van der Waals surface area contributed by atoms with Crippen LogP contribution in [0.15, 0.2) is 91.0 Å². The molecule has 0 unspecified atom stereocenters. The van der Waals surface area contributed by atoms with Crippen molar-refractivity contribution >= 4 is 0 Å². The van der Waals surface area contributed by atoms with E-state index in [4.69, 9.17) is 0 Å². The van der Waals surface area contributed by atoms with Gasteiger partial charge in [0.2, 0.25) is 0 Å². The van der Waals surface area contributed by atoms with Crippen LogP contribution in [0, 0.1) is 0 Å². The monoisotopic (exact) mass is 302 g/mol. The first-order valence-corrected chi connectivity index (χ1v) is 8.15. The van der Waals surface area contributed by atoms with Crippen LogP contribution in [0.3, 0.4) is 0 Å². The summed E-state index contributed by atoms with van der Waals surface area (Å²) in [6.45, 7) is 2.13. The Balaban J connectivity index is 2.19. The Morgan fingerprint density at radius 2 is 1.09 bits per heavy atom. The zero-order valence-electron chi connectivity index (χ0n) is 13.4. The van der Waals surface area contributed by atoms with Gasteiger partial charge in [-0.25, -0.2) is 0 Å². The molecular formula is C22H22O. The van der Waals surface area contributed by atoms with Crippen LogP contribution < -0.4 is 0 Å². The highest BCUT2D eigenvalue weighted by atomic mass is 16.3. The third kappa shape index (κ3) is 2.93. The quantitative estimate of drug-likeness (QED) is 0.694. The van der Waals surface area contributed by atoms with Crippen LogP contribution in [0.2, 0.25) is 0 Å². The van der Waals surface area contributed by atoms with Crippen LogP contribution in [0.5, 0.6) is 0 Å². The van der Waals surface area contributed by atoms with Gasteiger partial charge in [0.15, 0.2) is 0 Å². The zero-order chi connectivity index (χ0) is 16.1. The Bertz CT molecular complexity index is 680. The summed E-state index contributed by atoms with van der Waals surface area (Å²) in [6.07, 6.45) is 0.851. The lowest BCUT2D eigenvalue weighted by molar-refractivity contribution is 0.0477. The van der Waals surface area contributed by atoms with E-state index in [0.29, 0.717) is 0 Å². The van der Waals surface area contributed by atoms with E-state index in [1.807, 2.05) is 78.9 Å². The molecule has 1 N–H and O–H groups in total. The summed E-state index contributed by atoms with van der Waals surface area (Å²) in [5.41, 5.74) is 1.98. The molecule has 0 aromatic heterocycles. The molecule has 1 atom stereocenters. The predicted molar refractivity (Wildman–Crippen MR) is 95.4 cm³/mol. The normalized spacial score (nSPS) is 12.8. The predicted octanol–water partition coefficient (Wildman–Crippen LogP) is 5.12. The van der Waals surface area contributed by atoms with Gasteiger partial charge in [-0.15, -0.1) is 0 Å². The summed E-state index contributed by atoms with van der Waals surface area (Å²) in [4.78, 5) is 0. The van der Waals surface area contributed by atoms with Crippen molar-refractivity contribution in [2.45, 2.75) is 24.9 Å². The fraction of sp³-hybridized carbons (Fsp3) is 0.182. The maximum atomic E-state index is 11.9. The van der Waals surface area contributed by atoms with E-state index in [9.17, 15) is 5.11 Å². The van der Waals surface area contributed by atoms with Gasteiger partial charge >= 0.3 is 0 Å². The summed E-state index contributed by atoms with van der Waals surface area (Å²) in [5, 5.41) is 11.9. The molecule has 0 saturated heterocycles. The minimum Gasteiger partial charge on any atom is -0.380 e. The largest absolute Gasteiger partial charge is 0.380 e. The molecule has 3 aromatic rings. The van der Waals surface area contributed by atoms with Crippen LogP contribution in [0.1, 0.15) is 36.0 Å². The molecule has 0 saturated carbocycles. The van der Waals surface area contributed by atoms with Crippen molar-refractivity contribution in [2.75, 3.05) is 0 Å². The lowest BCUT2D eigenvalue weighted by Crippen LogP contribution is -2.34. The SMILES string of the molecule is CC[C@H](c1ccccc1)C(O)(c1ccccc1)c1ccccc1. The highest BCUT2D eigenvalue weighted by molar-refractivity contribution is 5.41. The molecule has 116 valence electrons. The number of aliphatic hydroxyl groups is 1. The average Bonchev–Trinajstić information content (AvgIpc) is 2.64. The van der Waals surface area contributed by atoms with Crippen LogP contribution in [-0.2, 0) is 5.60 Å². The van der Waals surface area contributed by atoms with Crippen LogP contribution in [0.25, 0.3) is 0 Å². The lowest BCUT2D eigenvalue weighted by Gasteiger charge is -2.37. The number of hydrogen-bond donors (Lipinski definition) is 1. The van der Waals surface area contributed by atoms with Crippen molar-refractivity contribution in [2.24, 2.45) is 0 Å². The molecule has 1 nitrogen and oxygen atoms in total. The number of benzene rings is 3. The smallest absolute Gasteiger partial charge is 0.121 e. The first-order valence-electron chi connectivity index (χ1n) is 8.15. The molecule has 0 radical (unpaired) electrons. The summed E-state index contributed by atoms with van der Waals surface area (Å²) >= 11 is 0. The number of hydrogen-bond acceptors (Lipinski definition) is 1. The van der Waals surface area contributed by atoms with Gasteiger partial charge in [-0.3, -0.25) is 0 Å².